The van der Waals surface area contributed by atoms with Gasteiger partial charge in [-0.3, -0.25) is 0 Å². The Bertz CT molecular complexity index is 157. The first kappa shape index (κ1) is 14.0. The third kappa shape index (κ3) is 8.57. The average Bonchev–Trinajstić information content (AvgIpc) is 2.18. The van der Waals surface area contributed by atoms with Crippen molar-refractivity contribution in [2.45, 2.75) is 32.7 Å². The van der Waals surface area contributed by atoms with E-state index in [1.165, 1.54) is 11.8 Å². The predicted octanol–water partition coefficient (Wildman–Crippen LogP) is 2.54. The van der Waals surface area contributed by atoms with E-state index in [4.69, 9.17) is 14.1 Å². The molecule has 0 aromatic heterocycles. The van der Waals surface area contributed by atoms with E-state index in [-0.39, 0.29) is 0 Å². The summed E-state index contributed by atoms with van der Waals surface area (Å²) in [5, 5.41) is 10.4. The van der Waals surface area contributed by atoms with Gasteiger partial charge in [-0.25, -0.2) is 0 Å². The van der Waals surface area contributed by atoms with E-state index < -0.39 is 9.28 Å². The minimum absolute atomic E-state index is 0.737. The SMILES string of the molecule is CCO[Si](CCCCSC#N)OCC. The first-order chi connectivity index (χ1) is 6.85. The molecule has 0 amide bonds. The van der Waals surface area contributed by atoms with Crippen molar-refractivity contribution >= 4 is 21.0 Å². The van der Waals surface area contributed by atoms with Gasteiger partial charge in [0.25, 0.3) is 0 Å². The van der Waals surface area contributed by atoms with Crippen molar-refractivity contribution in [3.63, 3.8) is 0 Å². The Hall–Kier alpha value is -0.0231. The molecule has 0 bridgehead atoms. The molecule has 0 fully saturated rings. The summed E-state index contributed by atoms with van der Waals surface area (Å²) in [7, 11) is -1.03. The van der Waals surface area contributed by atoms with Crippen LogP contribution >= 0.6 is 11.8 Å². The average molecular weight is 232 g/mol. The molecule has 0 N–H and O–H groups in total. The second kappa shape index (κ2) is 11.1. The molecule has 0 aliphatic heterocycles. The monoisotopic (exact) mass is 232 g/mol. The minimum atomic E-state index is -1.03. The van der Waals surface area contributed by atoms with Crippen molar-refractivity contribution in [1.29, 1.82) is 5.26 Å². The van der Waals surface area contributed by atoms with Gasteiger partial charge in [0.05, 0.1) is 0 Å². The van der Waals surface area contributed by atoms with Crippen LogP contribution in [0.3, 0.4) is 0 Å². The molecule has 0 saturated heterocycles. The van der Waals surface area contributed by atoms with Crippen molar-refractivity contribution in [3.05, 3.63) is 0 Å². The summed E-state index contributed by atoms with van der Waals surface area (Å²) in [6.45, 7) is 5.47. The zero-order chi connectivity index (χ0) is 10.6. The van der Waals surface area contributed by atoms with Crippen LogP contribution in [0.4, 0.5) is 0 Å². The van der Waals surface area contributed by atoms with Crippen LogP contribution in [0.2, 0.25) is 6.04 Å². The summed E-state index contributed by atoms with van der Waals surface area (Å²) in [5.41, 5.74) is 0. The summed E-state index contributed by atoms with van der Waals surface area (Å²) < 4.78 is 11.0. The summed E-state index contributed by atoms with van der Waals surface area (Å²) in [6.07, 6.45) is 2.18. The molecule has 0 spiro atoms. The van der Waals surface area contributed by atoms with E-state index in [0.717, 1.165) is 37.9 Å². The third-order valence-corrected chi connectivity index (χ3v) is 4.16. The van der Waals surface area contributed by atoms with Gasteiger partial charge in [-0.05, 0) is 38.1 Å². The van der Waals surface area contributed by atoms with Crippen molar-refractivity contribution in [2.24, 2.45) is 0 Å². The highest BCUT2D eigenvalue weighted by Crippen LogP contribution is 2.08. The molecule has 0 saturated carbocycles. The van der Waals surface area contributed by atoms with Crippen molar-refractivity contribution in [2.75, 3.05) is 19.0 Å². The number of unbranched alkanes of at least 4 members (excludes halogenated alkanes) is 1. The highest BCUT2D eigenvalue weighted by molar-refractivity contribution is 8.03. The number of thiocyanates is 1. The van der Waals surface area contributed by atoms with Gasteiger partial charge >= 0.3 is 9.28 Å². The van der Waals surface area contributed by atoms with E-state index in [2.05, 4.69) is 5.40 Å². The molecule has 0 rings (SSSR count). The molecule has 0 aliphatic rings. The fourth-order valence-electron chi connectivity index (χ4n) is 0.997. The fraction of sp³-hybridized carbons (Fsp3) is 0.889. The minimum Gasteiger partial charge on any atom is -0.394 e. The van der Waals surface area contributed by atoms with E-state index in [1.54, 1.807) is 0 Å². The van der Waals surface area contributed by atoms with Gasteiger partial charge in [-0.1, -0.05) is 6.42 Å². The molecule has 0 atom stereocenters. The lowest BCUT2D eigenvalue weighted by Gasteiger charge is -2.12. The molecule has 0 heterocycles. The Kier molecular flexibility index (Phi) is 11.0. The maximum absolute atomic E-state index is 8.31. The van der Waals surface area contributed by atoms with Crippen molar-refractivity contribution in [3.8, 4) is 5.40 Å². The number of thioether (sulfide) groups is 1. The number of nitriles is 1. The Morgan fingerprint density at radius 3 is 2.36 bits per heavy atom. The first-order valence-corrected chi connectivity index (χ1v) is 7.48. The zero-order valence-electron chi connectivity index (χ0n) is 8.91. The van der Waals surface area contributed by atoms with Crippen LogP contribution in [0.1, 0.15) is 26.7 Å². The molecule has 5 heteroatoms. The van der Waals surface area contributed by atoms with Crippen LogP contribution in [0.25, 0.3) is 0 Å². The standard InChI is InChI=1S/C9H18NO2SSi/c1-3-11-14(12-4-2)8-6-5-7-13-9-10/h3-8H2,1-2H3. The van der Waals surface area contributed by atoms with Gasteiger partial charge < -0.3 is 8.85 Å². The summed E-state index contributed by atoms with van der Waals surface area (Å²) in [5.74, 6) is 0.921. The normalized spacial score (nSPS) is 10.4. The van der Waals surface area contributed by atoms with Gasteiger partial charge in [-0.15, -0.1) is 0 Å². The second-order valence-electron chi connectivity index (χ2n) is 2.63. The van der Waals surface area contributed by atoms with E-state index in [9.17, 15) is 0 Å². The molecule has 3 nitrogen and oxygen atoms in total. The largest absolute Gasteiger partial charge is 0.394 e. The van der Waals surface area contributed by atoms with Crippen LogP contribution in [-0.4, -0.2) is 28.3 Å². The topological polar surface area (TPSA) is 42.2 Å². The lowest BCUT2D eigenvalue weighted by molar-refractivity contribution is 0.213. The van der Waals surface area contributed by atoms with Crippen molar-refractivity contribution in [1.82, 2.24) is 0 Å². The summed E-state index contributed by atoms with van der Waals surface area (Å²) in [6, 6.07) is 1.03. The summed E-state index contributed by atoms with van der Waals surface area (Å²) >= 11 is 1.32. The van der Waals surface area contributed by atoms with Gasteiger partial charge in [-0.2, -0.15) is 5.26 Å². The molecule has 1 radical (unpaired) electrons. The second-order valence-corrected chi connectivity index (χ2v) is 5.34. The molecule has 14 heavy (non-hydrogen) atoms. The van der Waals surface area contributed by atoms with Crippen LogP contribution in [0, 0.1) is 10.7 Å². The highest BCUT2D eigenvalue weighted by Gasteiger charge is 2.13. The Morgan fingerprint density at radius 1 is 1.21 bits per heavy atom. The lowest BCUT2D eigenvalue weighted by atomic mass is 10.4. The molecule has 0 aromatic carbocycles. The van der Waals surface area contributed by atoms with E-state index in [1.807, 2.05) is 13.8 Å². The zero-order valence-corrected chi connectivity index (χ0v) is 10.7. The van der Waals surface area contributed by atoms with Crippen LogP contribution < -0.4 is 0 Å². The third-order valence-electron chi connectivity index (χ3n) is 1.55. The summed E-state index contributed by atoms with van der Waals surface area (Å²) in [4.78, 5) is 0. The molecule has 0 aromatic rings. The molecule has 0 unspecified atom stereocenters. The first-order valence-electron chi connectivity index (χ1n) is 4.97. The maximum atomic E-state index is 8.31. The molecular formula is C9H18NO2SSi. The quantitative estimate of drug-likeness (QED) is 0.348. The number of hydrogen-bond acceptors (Lipinski definition) is 4. The molecule has 81 valence electrons. The predicted molar refractivity (Wildman–Crippen MR) is 61.1 cm³/mol. The Labute approximate surface area is 92.6 Å². The van der Waals surface area contributed by atoms with Crippen LogP contribution in [0.5, 0.6) is 0 Å². The lowest BCUT2D eigenvalue weighted by Crippen LogP contribution is -2.22. The molecule has 0 aliphatic carbocycles. The van der Waals surface area contributed by atoms with Crippen molar-refractivity contribution < 1.29 is 8.85 Å². The highest BCUT2D eigenvalue weighted by atomic mass is 32.2. The Morgan fingerprint density at radius 2 is 1.86 bits per heavy atom. The van der Waals surface area contributed by atoms with Crippen LogP contribution in [-0.2, 0) is 8.85 Å². The maximum Gasteiger partial charge on any atom is 0.384 e. The Balaban J connectivity index is 3.36. The van der Waals surface area contributed by atoms with Gasteiger partial charge in [0, 0.05) is 19.0 Å². The fourth-order valence-corrected chi connectivity index (χ4v) is 2.99. The van der Waals surface area contributed by atoms with Gasteiger partial charge in [0.2, 0.25) is 0 Å². The van der Waals surface area contributed by atoms with E-state index in [0.29, 0.717) is 0 Å². The number of rotatable bonds is 9. The van der Waals surface area contributed by atoms with Crippen LogP contribution in [0.15, 0.2) is 0 Å². The number of nitrogens with zero attached hydrogens (tertiary/aromatic N) is 1. The number of hydrogen-bond donors (Lipinski definition) is 0. The molecular weight excluding hydrogens is 214 g/mol. The smallest absolute Gasteiger partial charge is 0.384 e. The van der Waals surface area contributed by atoms with E-state index >= 15 is 0 Å². The van der Waals surface area contributed by atoms with Gasteiger partial charge in [0.1, 0.15) is 5.40 Å². The van der Waals surface area contributed by atoms with Gasteiger partial charge in [0.15, 0.2) is 0 Å².